The van der Waals surface area contributed by atoms with E-state index in [1.807, 2.05) is 0 Å². The summed E-state index contributed by atoms with van der Waals surface area (Å²) in [5, 5.41) is 18.8. The topological polar surface area (TPSA) is 94.8 Å². The van der Waals surface area contributed by atoms with E-state index in [-0.39, 0.29) is 11.1 Å². The molecule has 0 amide bonds. The third kappa shape index (κ3) is 3.34. The van der Waals surface area contributed by atoms with Crippen LogP contribution in [0.2, 0.25) is 20.1 Å². The minimum Gasteiger partial charge on any atom is -0.508 e. The molecule has 0 radical (unpaired) electrons. The first-order valence-corrected chi connectivity index (χ1v) is 10.9. The van der Waals surface area contributed by atoms with E-state index in [1.54, 1.807) is 6.07 Å². The highest BCUT2D eigenvalue weighted by atomic mass is 35.5. The summed E-state index contributed by atoms with van der Waals surface area (Å²) >= 11 is 24.8. The highest BCUT2D eigenvalue weighted by Crippen LogP contribution is 2.56. The maximum Gasteiger partial charge on any atom is 0.283 e. The van der Waals surface area contributed by atoms with E-state index in [1.165, 1.54) is 48.5 Å². The van der Waals surface area contributed by atoms with Crippen molar-refractivity contribution in [2.45, 2.75) is 4.75 Å². The number of aromatic hydroxyl groups is 2. The Morgan fingerprint density at radius 2 is 1.21 bits per heavy atom. The molecule has 1 atom stereocenters. The zero-order valence-electron chi connectivity index (χ0n) is 14.3. The third-order valence-electron chi connectivity index (χ3n) is 4.44. The molecule has 3 aromatic carbocycles. The number of halogens is 4. The lowest BCUT2D eigenvalue weighted by molar-refractivity contribution is 0.440. The molecule has 0 aliphatic heterocycles. The molecule has 3 N–H and O–H groups in total. The number of hydrogen-bond donors (Lipinski definition) is 3. The smallest absolute Gasteiger partial charge is 0.283 e. The van der Waals surface area contributed by atoms with Gasteiger partial charge in [0.2, 0.25) is 0 Å². The summed E-state index contributed by atoms with van der Waals surface area (Å²) < 4.78 is 34.0. The molecule has 0 aliphatic carbocycles. The molecule has 0 fully saturated rings. The number of para-hydroxylation sites is 1. The molecule has 10 heteroatoms. The van der Waals surface area contributed by atoms with Gasteiger partial charge in [0.05, 0.1) is 10.0 Å². The predicted octanol–water partition coefficient (Wildman–Crippen LogP) is 5.89. The van der Waals surface area contributed by atoms with Crippen molar-refractivity contribution in [3.8, 4) is 11.5 Å². The molecule has 5 nitrogen and oxygen atoms in total. The van der Waals surface area contributed by atoms with Crippen LogP contribution in [0.1, 0.15) is 16.7 Å². The standard InChI is InChI=1S/C19H12Cl4O5S/c20-14-13(15(21)17(23)18(25)16(14)22)19(29(26,27)28,10-6-2-1-3-7-10)11-8-4-5-9-12(11)24/h1-9,24-25H,(H,26,27,28). The Morgan fingerprint density at radius 3 is 1.69 bits per heavy atom. The SMILES string of the molecule is O=S(=O)(O)C(c1ccccc1)(c1ccccc1O)c1c(Cl)c(Cl)c(O)c(Cl)c1Cl. The van der Waals surface area contributed by atoms with Gasteiger partial charge in [-0.2, -0.15) is 8.42 Å². The van der Waals surface area contributed by atoms with Gasteiger partial charge in [0.15, 0.2) is 10.5 Å². The lowest BCUT2D eigenvalue weighted by Gasteiger charge is -2.34. The monoisotopic (exact) mass is 492 g/mol. The quantitative estimate of drug-likeness (QED) is 0.239. The minimum absolute atomic E-state index is 0.00521. The van der Waals surface area contributed by atoms with Gasteiger partial charge in [-0.15, -0.1) is 0 Å². The average molecular weight is 494 g/mol. The summed E-state index contributed by atoms with van der Waals surface area (Å²) in [6.07, 6.45) is 0. The van der Waals surface area contributed by atoms with Crippen molar-refractivity contribution in [3.63, 3.8) is 0 Å². The van der Waals surface area contributed by atoms with Crippen LogP contribution >= 0.6 is 46.4 Å². The summed E-state index contributed by atoms with van der Waals surface area (Å²) in [6, 6.07) is 13.0. The van der Waals surface area contributed by atoms with E-state index in [2.05, 4.69) is 0 Å². The van der Waals surface area contributed by atoms with Crippen molar-refractivity contribution in [2.75, 3.05) is 0 Å². The number of phenolic OH excluding ortho intramolecular Hbond substituents is 2. The van der Waals surface area contributed by atoms with Gasteiger partial charge in [-0.25, -0.2) is 0 Å². The van der Waals surface area contributed by atoms with Gasteiger partial charge >= 0.3 is 0 Å². The fourth-order valence-corrected chi connectivity index (χ4v) is 5.81. The van der Waals surface area contributed by atoms with Crippen LogP contribution in [0.4, 0.5) is 0 Å². The highest BCUT2D eigenvalue weighted by Gasteiger charge is 2.53. The molecular weight excluding hydrogens is 482 g/mol. The zero-order valence-corrected chi connectivity index (χ0v) is 18.1. The first-order chi connectivity index (χ1) is 13.5. The molecule has 0 saturated carbocycles. The van der Waals surface area contributed by atoms with Crippen molar-refractivity contribution in [1.29, 1.82) is 0 Å². The maximum absolute atomic E-state index is 13.0. The molecule has 0 heterocycles. The second kappa shape index (κ2) is 7.87. The Kier molecular flexibility index (Phi) is 5.98. The Bertz CT molecular complexity index is 1170. The van der Waals surface area contributed by atoms with E-state index in [0.29, 0.717) is 0 Å². The van der Waals surface area contributed by atoms with Crippen LogP contribution in [0, 0.1) is 0 Å². The maximum atomic E-state index is 13.0. The highest BCUT2D eigenvalue weighted by molar-refractivity contribution is 7.87. The normalized spacial score (nSPS) is 13.8. The van der Waals surface area contributed by atoms with Crippen molar-refractivity contribution < 1.29 is 23.2 Å². The van der Waals surface area contributed by atoms with Crippen LogP contribution in [0.3, 0.4) is 0 Å². The summed E-state index contributed by atoms with van der Waals surface area (Å²) in [6.45, 7) is 0. The van der Waals surface area contributed by atoms with Gasteiger partial charge < -0.3 is 10.2 Å². The van der Waals surface area contributed by atoms with Gasteiger partial charge in [-0.05, 0) is 11.6 Å². The van der Waals surface area contributed by atoms with Crippen molar-refractivity contribution >= 4 is 56.5 Å². The predicted molar refractivity (Wildman–Crippen MR) is 114 cm³/mol. The number of phenols is 2. The van der Waals surface area contributed by atoms with E-state index in [9.17, 15) is 23.2 Å². The summed E-state index contributed by atoms with van der Waals surface area (Å²) in [7, 11) is -5.13. The fraction of sp³-hybridized carbons (Fsp3) is 0.0526. The minimum atomic E-state index is -5.13. The van der Waals surface area contributed by atoms with Crippen LogP contribution in [-0.2, 0) is 14.9 Å². The molecule has 3 rings (SSSR count). The van der Waals surface area contributed by atoms with Gasteiger partial charge in [-0.3, -0.25) is 4.55 Å². The first-order valence-electron chi connectivity index (χ1n) is 7.91. The van der Waals surface area contributed by atoms with Crippen LogP contribution in [0.25, 0.3) is 0 Å². The lowest BCUT2D eigenvalue weighted by Crippen LogP contribution is -2.39. The van der Waals surface area contributed by atoms with E-state index in [4.69, 9.17) is 46.4 Å². The average Bonchev–Trinajstić information content (AvgIpc) is 2.68. The number of rotatable bonds is 4. The number of hydrogen-bond acceptors (Lipinski definition) is 4. The molecule has 29 heavy (non-hydrogen) atoms. The zero-order chi connectivity index (χ0) is 21.6. The number of benzene rings is 3. The van der Waals surface area contributed by atoms with Crippen LogP contribution in [-0.4, -0.2) is 23.2 Å². The van der Waals surface area contributed by atoms with Crippen LogP contribution < -0.4 is 0 Å². The lowest BCUT2D eigenvalue weighted by atomic mass is 9.83. The van der Waals surface area contributed by atoms with Crippen molar-refractivity contribution in [2.24, 2.45) is 0 Å². The Morgan fingerprint density at radius 1 is 0.724 bits per heavy atom. The fourth-order valence-electron chi connectivity index (χ4n) is 3.22. The Labute approximate surface area is 186 Å². The molecule has 0 aliphatic rings. The van der Waals surface area contributed by atoms with E-state index < -0.39 is 52.0 Å². The second-order valence-corrected chi connectivity index (χ2v) is 9.09. The Balaban J connectivity index is 2.69. The molecule has 152 valence electrons. The summed E-state index contributed by atoms with van der Waals surface area (Å²) in [5.74, 6) is -1.11. The second-order valence-electron chi connectivity index (χ2n) is 6.02. The van der Waals surface area contributed by atoms with Crippen molar-refractivity contribution in [1.82, 2.24) is 0 Å². The Hall–Kier alpha value is -1.67. The van der Waals surface area contributed by atoms with E-state index in [0.717, 1.165) is 0 Å². The van der Waals surface area contributed by atoms with Crippen molar-refractivity contribution in [3.05, 3.63) is 91.4 Å². The van der Waals surface area contributed by atoms with Gasteiger partial charge in [0.1, 0.15) is 15.8 Å². The van der Waals surface area contributed by atoms with Crippen LogP contribution in [0.5, 0.6) is 11.5 Å². The summed E-state index contributed by atoms with van der Waals surface area (Å²) in [5.41, 5.74) is -0.648. The van der Waals surface area contributed by atoms with Gasteiger partial charge in [-0.1, -0.05) is 94.9 Å². The first kappa shape index (κ1) is 22.0. The molecule has 0 saturated heterocycles. The molecule has 0 bridgehead atoms. The van der Waals surface area contributed by atoms with Crippen LogP contribution in [0.15, 0.2) is 54.6 Å². The molecule has 0 spiro atoms. The third-order valence-corrected chi connectivity index (χ3v) is 7.56. The van der Waals surface area contributed by atoms with Gasteiger partial charge in [0.25, 0.3) is 10.1 Å². The summed E-state index contributed by atoms with van der Waals surface area (Å²) in [4.78, 5) is 0. The molecular formula is C19H12Cl4O5S. The molecule has 0 aromatic heterocycles. The van der Waals surface area contributed by atoms with Gasteiger partial charge in [0, 0.05) is 11.1 Å². The largest absolute Gasteiger partial charge is 0.508 e. The molecule has 3 aromatic rings. The molecule has 1 unspecified atom stereocenters. The van der Waals surface area contributed by atoms with E-state index >= 15 is 0 Å².